The van der Waals surface area contributed by atoms with E-state index >= 15 is 0 Å². The van der Waals surface area contributed by atoms with Crippen LogP contribution in [0.4, 0.5) is 0 Å². The number of hydrogen-bond acceptors (Lipinski definition) is 6. The molecule has 6 heteroatoms. The highest BCUT2D eigenvalue weighted by Crippen LogP contribution is 2.32. The second kappa shape index (κ2) is 16.5. The SMILES string of the molecule is O=c1cc(-c2ccccc2)oc2cc(/C=C/C[C@@H]3O[C@H](COCc4ccccc4)[C@@H](OCc4ccccc4)[C@H]3OCc3ccccc3)ccc12. The van der Waals surface area contributed by atoms with Gasteiger partial charge in [0.1, 0.15) is 29.7 Å². The smallest absolute Gasteiger partial charge is 0.193 e. The summed E-state index contributed by atoms with van der Waals surface area (Å²) in [5.74, 6) is 0.545. The Morgan fingerprint density at radius 1 is 0.600 bits per heavy atom. The lowest BCUT2D eigenvalue weighted by molar-refractivity contribution is -0.0898. The highest BCUT2D eigenvalue weighted by Gasteiger charge is 2.45. The van der Waals surface area contributed by atoms with Crippen molar-refractivity contribution in [2.45, 2.75) is 50.7 Å². The van der Waals surface area contributed by atoms with E-state index in [2.05, 4.69) is 42.5 Å². The summed E-state index contributed by atoms with van der Waals surface area (Å²) in [6, 6.07) is 47.3. The molecule has 0 spiro atoms. The van der Waals surface area contributed by atoms with E-state index in [1.54, 1.807) is 6.07 Å². The maximum atomic E-state index is 12.9. The first-order valence-electron chi connectivity index (χ1n) is 17.1. The molecule has 0 radical (unpaired) electrons. The van der Waals surface area contributed by atoms with Crippen molar-refractivity contribution in [3.63, 3.8) is 0 Å². The number of fused-ring (bicyclic) bond motifs is 1. The molecule has 6 aromatic rings. The Morgan fingerprint density at radius 2 is 1.16 bits per heavy atom. The van der Waals surface area contributed by atoms with Crippen molar-refractivity contribution < 1.29 is 23.4 Å². The molecule has 7 rings (SSSR count). The Kier molecular flexibility index (Phi) is 11.0. The fraction of sp³-hybridized carbons (Fsp3) is 0.205. The van der Waals surface area contributed by atoms with E-state index in [0.29, 0.717) is 49.6 Å². The van der Waals surface area contributed by atoms with E-state index in [0.717, 1.165) is 27.8 Å². The third-order valence-corrected chi connectivity index (χ3v) is 8.86. The number of benzene rings is 5. The molecule has 6 nitrogen and oxygen atoms in total. The average molecular weight is 665 g/mol. The van der Waals surface area contributed by atoms with Crippen LogP contribution in [0.3, 0.4) is 0 Å². The van der Waals surface area contributed by atoms with Crippen molar-refractivity contribution in [3.8, 4) is 11.3 Å². The molecule has 0 amide bonds. The van der Waals surface area contributed by atoms with Crippen molar-refractivity contribution in [2.24, 2.45) is 0 Å². The first kappa shape index (κ1) is 33.4. The average Bonchev–Trinajstić information content (AvgIpc) is 3.50. The minimum Gasteiger partial charge on any atom is -0.456 e. The van der Waals surface area contributed by atoms with Gasteiger partial charge in [0.05, 0.1) is 37.9 Å². The van der Waals surface area contributed by atoms with Crippen LogP contribution < -0.4 is 5.43 Å². The van der Waals surface area contributed by atoms with Crippen molar-refractivity contribution in [2.75, 3.05) is 6.61 Å². The fourth-order valence-electron chi connectivity index (χ4n) is 6.29. The van der Waals surface area contributed by atoms with Gasteiger partial charge in [0, 0.05) is 11.6 Å². The molecule has 0 saturated carbocycles. The molecule has 1 fully saturated rings. The molecule has 1 aliphatic rings. The lowest BCUT2D eigenvalue weighted by Gasteiger charge is -2.25. The van der Waals surface area contributed by atoms with Crippen LogP contribution in [-0.4, -0.2) is 31.0 Å². The van der Waals surface area contributed by atoms with E-state index in [-0.39, 0.29) is 29.8 Å². The molecule has 5 aromatic carbocycles. The van der Waals surface area contributed by atoms with Gasteiger partial charge in [0.2, 0.25) is 0 Å². The van der Waals surface area contributed by atoms with Crippen LogP contribution in [0.2, 0.25) is 0 Å². The molecule has 4 atom stereocenters. The van der Waals surface area contributed by atoms with Gasteiger partial charge in [0.15, 0.2) is 5.43 Å². The molecule has 1 saturated heterocycles. The maximum Gasteiger partial charge on any atom is 0.193 e. The Balaban J connectivity index is 1.11. The molecule has 0 unspecified atom stereocenters. The van der Waals surface area contributed by atoms with Crippen molar-refractivity contribution >= 4 is 17.0 Å². The van der Waals surface area contributed by atoms with Gasteiger partial charge in [-0.05, 0) is 40.8 Å². The molecule has 0 aliphatic carbocycles. The molecular formula is C44H40O6. The van der Waals surface area contributed by atoms with Crippen LogP contribution in [0.15, 0.2) is 161 Å². The van der Waals surface area contributed by atoms with Gasteiger partial charge >= 0.3 is 0 Å². The Hall–Kier alpha value is -5.11. The molecule has 0 N–H and O–H groups in total. The van der Waals surface area contributed by atoms with Crippen molar-refractivity contribution in [1.82, 2.24) is 0 Å². The van der Waals surface area contributed by atoms with E-state index in [4.69, 9.17) is 23.4 Å². The summed E-state index contributed by atoms with van der Waals surface area (Å²) in [5, 5.41) is 0.548. The van der Waals surface area contributed by atoms with Crippen LogP contribution in [-0.2, 0) is 38.8 Å². The lowest BCUT2D eigenvalue weighted by atomic mass is 10.0. The molecule has 0 bridgehead atoms. The van der Waals surface area contributed by atoms with Crippen LogP contribution in [0.5, 0.6) is 0 Å². The van der Waals surface area contributed by atoms with E-state index in [9.17, 15) is 4.79 Å². The first-order valence-corrected chi connectivity index (χ1v) is 17.1. The van der Waals surface area contributed by atoms with Crippen LogP contribution in [0, 0.1) is 0 Å². The Labute approximate surface area is 292 Å². The minimum absolute atomic E-state index is 0.0690. The molecule has 1 aromatic heterocycles. The fourth-order valence-corrected chi connectivity index (χ4v) is 6.29. The molecular weight excluding hydrogens is 624 g/mol. The third kappa shape index (κ3) is 8.54. The predicted molar refractivity (Wildman–Crippen MR) is 196 cm³/mol. The number of ether oxygens (including phenoxy) is 4. The second-order valence-corrected chi connectivity index (χ2v) is 12.5. The highest BCUT2D eigenvalue weighted by molar-refractivity contribution is 5.81. The van der Waals surface area contributed by atoms with Gasteiger partial charge in [-0.3, -0.25) is 4.79 Å². The van der Waals surface area contributed by atoms with Crippen LogP contribution >= 0.6 is 0 Å². The zero-order chi connectivity index (χ0) is 34.0. The summed E-state index contributed by atoms with van der Waals surface area (Å²) >= 11 is 0. The third-order valence-electron chi connectivity index (χ3n) is 8.86. The molecule has 50 heavy (non-hydrogen) atoms. The summed E-state index contributed by atoms with van der Waals surface area (Å²) < 4.78 is 32.3. The van der Waals surface area contributed by atoms with E-state index < -0.39 is 0 Å². The summed E-state index contributed by atoms with van der Waals surface area (Å²) in [6.07, 6.45) is 3.43. The standard InChI is InChI=1S/C44H40O6/c45-38-27-40(36-21-11-4-12-22-36)50-41-26-32(24-25-37(38)41)20-13-23-39-43(47-29-34-16-7-2-8-17-34)44(48-30-35-18-9-3-10-19-35)42(49-39)31-46-28-33-14-5-1-6-15-33/h1-22,24-27,39,42-44H,23,28-31H2/b20-13+/t39-,42+,43-,44+/m0/s1. The zero-order valence-corrected chi connectivity index (χ0v) is 27.8. The van der Waals surface area contributed by atoms with Gasteiger partial charge in [-0.1, -0.05) is 140 Å². The quantitative estimate of drug-likeness (QED) is 0.116. The van der Waals surface area contributed by atoms with Crippen molar-refractivity contribution in [3.05, 3.63) is 184 Å². The zero-order valence-electron chi connectivity index (χ0n) is 27.8. The molecule has 2 heterocycles. The first-order chi connectivity index (χ1) is 24.7. The summed E-state index contributed by atoms with van der Waals surface area (Å²) in [4.78, 5) is 12.9. The van der Waals surface area contributed by atoms with Gasteiger partial charge in [-0.2, -0.15) is 0 Å². The highest BCUT2D eigenvalue weighted by atomic mass is 16.6. The Bertz CT molecular complexity index is 2030. The molecule has 252 valence electrons. The second-order valence-electron chi connectivity index (χ2n) is 12.5. The predicted octanol–water partition coefficient (Wildman–Crippen LogP) is 9.02. The minimum atomic E-state index is -0.348. The number of rotatable bonds is 14. The summed E-state index contributed by atoms with van der Waals surface area (Å²) in [6.45, 7) is 1.72. The maximum absolute atomic E-state index is 12.9. The topological polar surface area (TPSA) is 67.1 Å². The van der Waals surface area contributed by atoms with Gasteiger partial charge in [0.25, 0.3) is 0 Å². The van der Waals surface area contributed by atoms with Crippen LogP contribution in [0.1, 0.15) is 28.7 Å². The summed E-state index contributed by atoms with van der Waals surface area (Å²) in [7, 11) is 0. The van der Waals surface area contributed by atoms with Gasteiger partial charge in [-0.15, -0.1) is 0 Å². The lowest BCUT2D eigenvalue weighted by Crippen LogP contribution is -2.39. The van der Waals surface area contributed by atoms with Gasteiger partial charge in [-0.25, -0.2) is 0 Å². The Morgan fingerprint density at radius 3 is 1.78 bits per heavy atom. The molecule has 1 aliphatic heterocycles. The monoisotopic (exact) mass is 664 g/mol. The summed E-state index contributed by atoms with van der Waals surface area (Å²) in [5.41, 5.74) is 5.53. The van der Waals surface area contributed by atoms with E-state index in [1.165, 1.54) is 0 Å². The number of hydrogen-bond donors (Lipinski definition) is 0. The van der Waals surface area contributed by atoms with Gasteiger partial charge < -0.3 is 23.4 Å². The largest absolute Gasteiger partial charge is 0.456 e. The normalized spacial score (nSPS) is 19.0. The van der Waals surface area contributed by atoms with E-state index in [1.807, 2.05) is 109 Å². The van der Waals surface area contributed by atoms with Crippen molar-refractivity contribution in [1.29, 1.82) is 0 Å². The van der Waals surface area contributed by atoms with Crippen LogP contribution in [0.25, 0.3) is 28.4 Å².